The Morgan fingerprint density at radius 1 is 1.07 bits per heavy atom. The maximum absolute atomic E-state index is 13.0. The summed E-state index contributed by atoms with van der Waals surface area (Å²) in [4.78, 5) is 30.6. The van der Waals surface area contributed by atoms with Crippen LogP contribution in [0.1, 0.15) is 59.9 Å². The average molecular weight is 598 g/mol. The van der Waals surface area contributed by atoms with Crippen LogP contribution in [0.4, 0.5) is 10.5 Å². The zero-order chi connectivity index (χ0) is 28.2. The molecule has 0 spiro atoms. The number of halogens is 2. The summed E-state index contributed by atoms with van der Waals surface area (Å²) in [5.41, 5.74) is 2.88. The van der Waals surface area contributed by atoms with Crippen molar-refractivity contribution < 1.29 is 14.7 Å². The number of hydrogen-bond donors (Lipinski definition) is 3. The molecule has 0 aliphatic carbocycles. The van der Waals surface area contributed by atoms with Crippen molar-refractivity contribution in [3.63, 3.8) is 0 Å². The topological polar surface area (TPSA) is 122 Å². The molecular formula is C28H26Cl2N6O3S. The quantitative estimate of drug-likeness (QED) is 0.199. The fourth-order valence-electron chi connectivity index (χ4n) is 4.55. The van der Waals surface area contributed by atoms with E-state index in [2.05, 4.69) is 33.8 Å². The number of aliphatic imine (C=N–C) groups is 1. The van der Waals surface area contributed by atoms with Crippen LogP contribution in [-0.4, -0.2) is 37.6 Å². The lowest BCUT2D eigenvalue weighted by Crippen LogP contribution is -2.34. The molecule has 3 heterocycles. The van der Waals surface area contributed by atoms with Crippen molar-refractivity contribution in [3.05, 3.63) is 92.3 Å². The molecule has 0 bridgehead atoms. The number of carboxylic acids is 1. The maximum Gasteiger partial charge on any atom is 0.319 e. The Morgan fingerprint density at radius 2 is 1.82 bits per heavy atom. The molecule has 2 aromatic carbocycles. The predicted octanol–water partition coefficient (Wildman–Crippen LogP) is 6.67. The van der Waals surface area contributed by atoms with Crippen molar-refractivity contribution >= 4 is 57.9 Å². The standard InChI is InChI=1S/C28H26Cl2N6O3S/c1-2-7-16-14-18-25(17-8-3-4-9-19(17)29)31-15-23-34-35-26(36(23)27(18)40-16)22(12-13-24(37)38)33-28(39)32-21-11-6-5-10-20(21)30/h3-6,8-11,14,22H,2,7,12-13,15H2,1H3,(H,37,38)(H2,32,33,39)/t22-/m1/s1. The number of fused-ring (bicyclic) bond motifs is 3. The number of urea groups is 1. The molecule has 0 saturated heterocycles. The van der Waals surface area contributed by atoms with Crippen molar-refractivity contribution in [2.45, 2.75) is 45.2 Å². The third-order valence-corrected chi connectivity index (χ3v) is 8.21. The highest BCUT2D eigenvalue weighted by Crippen LogP contribution is 2.36. The molecule has 5 rings (SSSR count). The number of hydrogen-bond acceptors (Lipinski definition) is 6. The number of carbonyl (C=O) groups excluding carboxylic acids is 1. The van der Waals surface area contributed by atoms with E-state index in [9.17, 15) is 14.7 Å². The second kappa shape index (κ2) is 12.2. The van der Waals surface area contributed by atoms with Crippen LogP contribution in [0, 0.1) is 0 Å². The molecule has 9 nitrogen and oxygen atoms in total. The van der Waals surface area contributed by atoms with Gasteiger partial charge in [0.2, 0.25) is 0 Å². The van der Waals surface area contributed by atoms with Gasteiger partial charge in [0.05, 0.1) is 22.5 Å². The number of aromatic nitrogens is 3. The summed E-state index contributed by atoms with van der Waals surface area (Å²) in [5.74, 6) is 0.0180. The fraction of sp³-hybridized carbons (Fsp3) is 0.250. The van der Waals surface area contributed by atoms with Crippen molar-refractivity contribution in [2.24, 2.45) is 4.99 Å². The normalized spacial score (nSPS) is 13.0. The first-order chi connectivity index (χ1) is 19.4. The number of thiophene rings is 1. The van der Waals surface area contributed by atoms with Gasteiger partial charge in [-0.2, -0.15) is 0 Å². The fourth-order valence-corrected chi connectivity index (χ4v) is 6.24. The van der Waals surface area contributed by atoms with Gasteiger partial charge in [0.1, 0.15) is 11.5 Å². The van der Waals surface area contributed by atoms with Gasteiger partial charge in [0.15, 0.2) is 11.6 Å². The second-order valence-corrected chi connectivity index (χ2v) is 11.1. The summed E-state index contributed by atoms with van der Waals surface area (Å²) in [7, 11) is 0. The summed E-state index contributed by atoms with van der Waals surface area (Å²) in [5, 5.41) is 25.7. The van der Waals surface area contributed by atoms with Gasteiger partial charge in [0.25, 0.3) is 0 Å². The van der Waals surface area contributed by atoms with E-state index in [1.54, 1.807) is 35.6 Å². The van der Waals surface area contributed by atoms with Crippen LogP contribution in [-0.2, 0) is 17.8 Å². The summed E-state index contributed by atoms with van der Waals surface area (Å²) in [6, 6.07) is 15.2. The van der Waals surface area contributed by atoms with Gasteiger partial charge < -0.3 is 15.7 Å². The SMILES string of the molecule is CCCc1cc2c(s1)-n1c(nnc1[C@@H](CCC(=O)O)NC(=O)Nc1ccccc1Cl)CN=C2c1ccccc1Cl. The molecule has 0 radical (unpaired) electrons. The molecular weight excluding hydrogens is 571 g/mol. The van der Waals surface area contributed by atoms with E-state index in [1.165, 1.54) is 0 Å². The maximum atomic E-state index is 13.0. The molecule has 3 N–H and O–H groups in total. The third kappa shape index (κ3) is 5.89. The van der Waals surface area contributed by atoms with Gasteiger partial charge >= 0.3 is 12.0 Å². The number of amides is 2. The smallest absolute Gasteiger partial charge is 0.319 e. The molecule has 0 unspecified atom stereocenters. The van der Waals surface area contributed by atoms with Crippen molar-refractivity contribution in [2.75, 3.05) is 5.32 Å². The Labute approximate surface area is 244 Å². The van der Waals surface area contributed by atoms with Crippen molar-refractivity contribution in [3.8, 4) is 5.00 Å². The van der Waals surface area contributed by atoms with Gasteiger partial charge in [0, 0.05) is 27.4 Å². The van der Waals surface area contributed by atoms with Crippen molar-refractivity contribution in [1.29, 1.82) is 0 Å². The lowest BCUT2D eigenvalue weighted by molar-refractivity contribution is -0.137. The number of aryl methyl sites for hydroxylation is 1. The van der Waals surface area contributed by atoms with E-state index in [0.29, 0.717) is 27.4 Å². The first kappa shape index (κ1) is 27.8. The molecule has 4 aromatic rings. The van der Waals surface area contributed by atoms with Gasteiger partial charge in [-0.1, -0.05) is 66.9 Å². The van der Waals surface area contributed by atoms with Gasteiger partial charge in [-0.05, 0) is 37.1 Å². The third-order valence-electron chi connectivity index (χ3n) is 6.37. The molecule has 0 fully saturated rings. The molecule has 2 aromatic heterocycles. The van der Waals surface area contributed by atoms with Crippen LogP contribution in [0.15, 0.2) is 59.6 Å². The average Bonchev–Trinajstić information content (AvgIpc) is 3.50. The zero-order valence-corrected chi connectivity index (χ0v) is 23.9. The summed E-state index contributed by atoms with van der Waals surface area (Å²) in [6.45, 7) is 2.35. The molecule has 1 aliphatic rings. The number of carbonyl (C=O) groups is 2. The number of nitrogens with zero attached hydrogens (tertiary/aromatic N) is 4. The second-order valence-electron chi connectivity index (χ2n) is 9.20. The van der Waals surface area contributed by atoms with E-state index in [4.69, 9.17) is 28.2 Å². The number of rotatable bonds is 9. The first-order valence-corrected chi connectivity index (χ1v) is 14.3. The van der Waals surface area contributed by atoms with Crippen LogP contribution in [0.25, 0.3) is 5.00 Å². The number of carboxylic acid groups (broad SMARTS) is 1. The van der Waals surface area contributed by atoms with Crippen LogP contribution < -0.4 is 10.6 Å². The summed E-state index contributed by atoms with van der Waals surface area (Å²) >= 11 is 14.4. The van der Waals surface area contributed by atoms with Gasteiger partial charge in [-0.3, -0.25) is 14.4 Å². The number of nitrogens with one attached hydrogen (secondary N) is 2. The molecule has 0 saturated carbocycles. The monoisotopic (exact) mass is 596 g/mol. The number of aliphatic carboxylic acids is 1. The minimum atomic E-state index is -0.986. The highest BCUT2D eigenvalue weighted by molar-refractivity contribution is 7.15. The molecule has 2 amide bonds. The first-order valence-electron chi connectivity index (χ1n) is 12.8. The van der Waals surface area contributed by atoms with Gasteiger partial charge in [-0.25, -0.2) is 4.79 Å². The van der Waals surface area contributed by atoms with Crippen LogP contribution in [0.3, 0.4) is 0 Å². The predicted molar refractivity (Wildman–Crippen MR) is 157 cm³/mol. The molecule has 1 atom stereocenters. The van der Waals surface area contributed by atoms with Crippen LogP contribution >= 0.6 is 34.5 Å². The lowest BCUT2D eigenvalue weighted by atomic mass is 10.0. The largest absolute Gasteiger partial charge is 0.481 e. The highest BCUT2D eigenvalue weighted by atomic mass is 35.5. The number of anilines is 1. The molecule has 1 aliphatic heterocycles. The molecule has 40 heavy (non-hydrogen) atoms. The Bertz CT molecular complexity index is 1600. The zero-order valence-electron chi connectivity index (χ0n) is 21.5. The summed E-state index contributed by atoms with van der Waals surface area (Å²) < 4.78 is 1.90. The van der Waals surface area contributed by atoms with Crippen LogP contribution in [0.2, 0.25) is 10.0 Å². The van der Waals surface area contributed by atoms with E-state index in [-0.39, 0.29) is 19.4 Å². The minimum Gasteiger partial charge on any atom is -0.481 e. The summed E-state index contributed by atoms with van der Waals surface area (Å²) in [6.07, 6.45) is 1.76. The Hall–Kier alpha value is -3.73. The lowest BCUT2D eigenvalue weighted by Gasteiger charge is -2.19. The Balaban J connectivity index is 1.56. The number of para-hydroxylation sites is 1. The molecule has 206 valence electrons. The van der Waals surface area contributed by atoms with Crippen molar-refractivity contribution in [1.82, 2.24) is 20.1 Å². The Morgan fingerprint density at radius 3 is 2.55 bits per heavy atom. The van der Waals surface area contributed by atoms with Crippen LogP contribution in [0.5, 0.6) is 0 Å². The van der Waals surface area contributed by atoms with E-state index >= 15 is 0 Å². The van der Waals surface area contributed by atoms with E-state index in [0.717, 1.165) is 39.6 Å². The highest BCUT2D eigenvalue weighted by Gasteiger charge is 2.30. The van der Waals surface area contributed by atoms with Gasteiger partial charge in [-0.15, -0.1) is 21.5 Å². The number of benzene rings is 2. The Kier molecular flexibility index (Phi) is 8.49. The molecule has 12 heteroatoms. The van der Waals surface area contributed by atoms with E-state index < -0.39 is 18.0 Å². The minimum absolute atomic E-state index is 0.101. The van der Waals surface area contributed by atoms with E-state index in [1.807, 2.05) is 28.8 Å².